The normalized spacial score (nSPS) is 16.8. The summed E-state index contributed by atoms with van der Waals surface area (Å²) in [5, 5.41) is 3.76. The van der Waals surface area contributed by atoms with Gasteiger partial charge >= 0.3 is 0 Å². The first-order valence-electron chi connectivity index (χ1n) is 8.04. The Morgan fingerprint density at radius 3 is 2.17 bits per heavy atom. The average molecular weight is 254 g/mol. The van der Waals surface area contributed by atoms with E-state index >= 15 is 0 Å². The molecule has 0 atom stereocenters. The number of hydrogen-bond donors (Lipinski definition) is 1. The van der Waals surface area contributed by atoms with Crippen LogP contribution in [0.3, 0.4) is 0 Å². The third-order valence-corrected chi connectivity index (χ3v) is 4.62. The highest BCUT2D eigenvalue weighted by Crippen LogP contribution is 2.30. The molecule has 108 valence electrons. The molecular weight excluding hydrogens is 220 g/mol. The highest BCUT2D eigenvalue weighted by atomic mass is 15.2. The summed E-state index contributed by atoms with van der Waals surface area (Å²) in [4.78, 5) is 2.67. The van der Waals surface area contributed by atoms with Gasteiger partial charge in [-0.25, -0.2) is 0 Å². The molecule has 1 fully saturated rings. The maximum absolute atomic E-state index is 3.76. The largest absolute Gasteiger partial charge is 0.313 e. The van der Waals surface area contributed by atoms with Gasteiger partial charge < -0.3 is 10.2 Å². The van der Waals surface area contributed by atoms with Crippen LogP contribution in [0.4, 0.5) is 0 Å². The van der Waals surface area contributed by atoms with E-state index in [-0.39, 0.29) is 0 Å². The molecule has 0 amide bonds. The van der Waals surface area contributed by atoms with E-state index in [0.717, 1.165) is 6.04 Å². The Bertz CT molecular complexity index is 217. The van der Waals surface area contributed by atoms with E-state index in [9.17, 15) is 0 Å². The Balaban J connectivity index is 2.55. The molecule has 1 rings (SSSR count). The molecule has 0 aromatic heterocycles. The quantitative estimate of drug-likeness (QED) is 0.640. The predicted molar refractivity (Wildman–Crippen MR) is 81.0 cm³/mol. The predicted octanol–water partition coefficient (Wildman–Crippen LogP) is 3.67. The van der Waals surface area contributed by atoms with Crippen LogP contribution in [0.1, 0.15) is 66.7 Å². The van der Waals surface area contributed by atoms with Crippen LogP contribution in [0.15, 0.2) is 0 Å². The number of nitrogens with zero attached hydrogens (tertiary/aromatic N) is 1. The van der Waals surface area contributed by atoms with Gasteiger partial charge in [-0.3, -0.25) is 0 Å². The molecule has 0 bridgehead atoms. The molecular formula is C16H34N2. The fraction of sp³-hybridized carbons (Fsp3) is 1.00. The summed E-state index contributed by atoms with van der Waals surface area (Å²) in [5.74, 6) is 0. The van der Waals surface area contributed by atoms with Crippen LogP contribution in [0, 0.1) is 5.41 Å². The summed E-state index contributed by atoms with van der Waals surface area (Å²) in [6.07, 6.45) is 6.63. The van der Waals surface area contributed by atoms with Crippen molar-refractivity contribution in [2.24, 2.45) is 5.41 Å². The van der Waals surface area contributed by atoms with Crippen LogP contribution in [-0.4, -0.2) is 36.6 Å². The second-order valence-corrected chi connectivity index (χ2v) is 6.43. The monoisotopic (exact) mass is 254 g/mol. The molecule has 1 N–H and O–H groups in total. The van der Waals surface area contributed by atoms with Gasteiger partial charge in [0.25, 0.3) is 0 Å². The van der Waals surface area contributed by atoms with E-state index in [4.69, 9.17) is 0 Å². The topological polar surface area (TPSA) is 15.3 Å². The molecule has 1 aliphatic rings. The van der Waals surface area contributed by atoms with Crippen LogP contribution >= 0.6 is 0 Å². The lowest BCUT2D eigenvalue weighted by atomic mass is 9.81. The van der Waals surface area contributed by atoms with Crippen LogP contribution in [0.25, 0.3) is 0 Å². The molecule has 0 spiro atoms. The zero-order chi connectivity index (χ0) is 13.6. The molecule has 2 nitrogen and oxygen atoms in total. The Hall–Kier alpha value is -0.0800. The third kappa shape index (κ3) is 4.89. The van der Waals surface area contributed by atoms with E-state index < -0.39 is 0 Å². The average Bonchev–Trinajstić information content (AvgIpc) is 3.17. The van der Waals surface area contributed by atoms with Crippen molar-refractivity contribution in [2.75, 3.05) is 19.6 Å². The summed E-state index contributed by atoms with van der Waals surface area (Å²) in [5.41, 5.74) is 0.474. The molecule has 0 aliphatic heterocycles. The van der Waals surface area contributed by atoms with Gasteiger partial charge in [0.05, 0.1) is 0 Å². The zero-order valence-electron chi connectivity index (χ0n) is 13.3. The lowest BCUT2D eigenvalue weighted by molar-refractivity contribution is 0.109. The molecule has 0 radical (unpaired) electrons. The van der Waals surface area contributed by atoms with Gasteiger partial charge in [-0.1, -0.05) is 20.8 Å². The molecule has 0 heterocycles. The van der Waals surface area contributed by atoms with Gasteiger partial charge in [-0.05, 0) is 57.9 Å². The van der Waals surface area contributed by atoms with Crippen molar-refractivity contribution < 1.29 is 0 Å². The van der Waals surface area contributed by atoms with Gasteiger partial charge in [0.15, 0.2) is 0 Å². The van der Waals surface area contributed by atoms with Crippen LogP contribution in [0.5, 0.6) is 0 Å². The Labute approximate surface area is 115 Å². The highest BCUT2D eigenvalue weighted by molar-refractivity contribution is 4.89. The lowest BCUT2D eigenvalue weighted by Crippen LogP contribution is -2.46. The molecule has 0 aromatic rings. The van der Waals surface area contributed by atoms with Gasteiger partial charge in [0.2, 0.25) is 0 Å². The summed E-state index contributed by atoms with van der Waals surface area (Å²) in [6, 6.07) is 1.50. The van der Waals surface area contributed by atoms with Crippen molar-refractivity contribution in [3.63, 3.8) is 0 Å². The Morgan fingerprint density at radius 1 is 1.17 bits per heavy atom. The van der Waals surface area contributed by atoms with Gasteiger partial charge in [-0.15, -0.1) is 0 Å². The number of rotatable bonds is 10. The zero-order valence-corrected chi connectivity index (χ0v) is 13.3. The van der Waals surface area contributed by atoms with E-state index in [0.29, 0.717) is 11.5 Å². The minimum atomic E-state index is 0.474. The summed E-state index contributed by atoms with van der Waals surface area (Å²) < 4.78 is 0. The molecule has 0 unspecified atom stereocenters. The van der Waals surface area contributed by atoms with Gasteiger partial charge in [-0.2, -0.15) is 0 Å². The maximum atomic E-state index is 3.76. The van der Waals surface area contributed by atoms with Crippen LogP contribution < -0.4 is 5.32 Å². The second-order valence-electron chi connectivity index (χ2n) is 6.43. The third-order valence-electron chi connectivity index (χ3n) is 4.62. The summed E-state index contributed by atoms with van der Waals surface area (Å²) >= 11 is 0. The van der Waals surface area contributed by atoms with Crippen LogP contribution in [0.2, 0.25) is 0 Å². The molecule has 18 heavy (non-hydrogen) atoms. The van der Waals surface area contributed by atoms with Crippen molar-refractivity contribution in [3.8, 4) is 0 Å². The van der Waals surface area contributed by atoms with E-state index in [1.54, 1.807) is 0 Å². The Kier molecular flexibility index (Phi) is 6.65. The van der Waals surface area contributed by atoms with Crippen molar-refractivity contribution in [1.82, 2.24) is 10.2 Å². The number of hydrogen-bond acceptors (Lipinski definition) is 2. The summed E-state index contributed by atoms with van der Waals surface area (Å²) in [6.45, 7) is 15.4. The van der Waals surface area contributed by atoms with Crippen molar-refractivity contribution >= 4 is 0 Å². The first-order valence-corrected chi connectivity index (χ1v) is 8.04. The second kappa shape index (κ2) is 7.49. The van der Waals surface area contributed by atoms with Crippen molar-refractivity contribution in [3.05, 3.63) is 0 Å². The minimum Gasteiger partial charge on any atom is -0.313 e. The summed E-state index contributed by atoms with van der Waals surface area (Å²) in [7, 11) is 0. The first kappa shape index (κ1) is 16.0. The molecule has 2 heteroatoms. The molecule has 0 aromatic carbocycles. The smallest absolute Gasteiger partial charge is 0.00684 e. The highest BCUT2D eigenvalue weighted by Gasteiger charge is 2.32. The van der Waals surface area contributed by atoms with Gasteiger partial charge in [0.1, 0.15) is 0 Å². The fourth-order valence-corrected chi connectivity index (χ4v) is 2.67. The van der Waals surface area contributed by atoms with E-state index in [2.05, 4.69) is 44.8 Å². The molecule has 0 saturated heterocycles. The first-order chi connectivity index (χ1) is 8.56. The standard InChI is InChI=1S/C16H34N2/c1-6-11-18(14(4)5)13-16(7-2,8-3)12-17-15-9-10-15/h14-15,17H,6-13H2,1-5H3. The lowest BCUT2D eigenvalue weighted by Gasteiger charge is -2.39. The van der Waals surface area contributed by atoms with Crippen molar-refractivity contribution in [1.29, 1.82) is 0 Å². The minimum absolute atomic E-state index is 0.474. The Morgan fingerprint density at radius 2 is 1.78 bits per heavy atom. The fourth-order valence-electron chi connectivity index (χ4n) is 2.67. The number of nitrogens with one attached hydrogen (secondary N) is 1. The SMILES string of the molecule is CCCN(CC(CC)(CC)CNC1CC1)C(C)C. The van der Waals surface area contributed by atoms with E-state index in [1.165, 1.54) is 51.7 Å². The maximum Gasteiger partial charge on any atom is 0.00684 e. The van der Waals surface area contributed by atoms with Gasteiger partial charge in [0, 0.05) is 25.2 Å². The molecule has 1 aliphatic carbocycles. The molecule has 1 saturated carbocycles. The van der Waals surface area contributed by atoms with Crippen LogP contribution in [-0.2, 0) is 0 Å². The van der Waals surface area contributed by atoms with Crippen molar-refractivity contribution in [2.45, 2.75) is 78.8 Å². The van der Waals surface area contributed by atoms with E-state index in [1.807, 2.05) is 0 Å².